The lowest BCUT2D eigenvalue weighted by Gasteiger charge is -2.55. The van der Waals surface area contributed by atoms with Crippen molar-refractivity contribution in [3.05, 3.63) is 68.5 Å². The third-order valence-electron chi connectivity index (χ3n) is 14.5. The van der Waals surface area contributed by atoms with Crippen LogP contribution in [0.4, 0.5) is 4.79 Å². The van der Waals surface area contributed by atoms with Gasteiger partial charge < -0.3 is 39.6 Å². The van der Waals surface area contributed by atoms with E-state index in [1.54, 1.807) is 49.5 Å². The number of nitro groups is 1. The Hall–Kier alpha value is -3.15. The van der Waals surface area contributed by atoms with Crippen LogP contribution in [0.1, 0.15) is 74.1 Å². The SMILES string of the molecule is COC(=O)NC1C(C)OC(OC2C/C=C(\C)C3C=CC4C(O)C(C)CC(C)C4C3(C)/C(O)=C3\C(=O)OC4(CC(C5SCCS5)=CC(O)C4/C=C/2C)C3=O)CC1(C)[N+](=O)[O-]. The van der Waals surface area contributed by atoms with E-state index in [9.17, 15) is 35.0 Å². The summed E-state index contributed by atoms with van der Waals surface area (Å²) in [6, 6.07) is -1.04. The van der Waals surface area contributed by atoms with Crippen LogP contribution < -0.4 is 5.32 Å². The predicted molar refractivity (Wildman–Crippen MR) is 222 cm³/mol. The quantitative estimate of drug-likeness (QED) is 0.0847. The Balaban J connectivity index is 1.37. The normalized spacial score (nSPS) is 47.0. The Morgan fingerprint density at radius 3 is 2.41 bits per heavy atom. The van der Waals surface area contributed by atoms with Gasteiger partial charge in [-0.2, -0.15) is 0 Å². The minimum atomic E-state index is -1.88. The van der Waals surface area contributed by atoms with E-state index in [0.717, 1.165) is 22.7 Å². The number of aliphatic hydroxyl groups is 3. The number of ketones is 1. The molecular weight excluding hydrogens is 801 g/mol. The average Bonchev–Trinajstić information content (AvgIpc) is 3.80. The molecule has 4 fully saturated rings. The Morgan fingerprint density at radius 2 is 1.75 bits per heavy atom. The first-order valence-electron chi connectivity index (χ1n) is 20.6. The average molecular weight is 859 g/mol. The monoisotopic (exact) mass is 858 g/mol. The first-order valence-corrected chi connectivity index (χ1v) is 22.7. The third kappa shape index (κ3) is 7.30. The Labute approximate surface area is 353 Å². The smallest absolute Gasteiger partial charge is 0.407 e. The van der Waals surface area contributed by atoms with E-state index in [4.69, 9.17) is 18.9 Å². The number of methoxy groups -OCH3 is 1. The number of carbonyl (C=O) groups excluding carboxylic acids is 3. The van der Waals surface area contributed by atoms with Crippen LogP contribution in [0.2, 0.25) is 0 Å². The van der Waals surface area contributed by atoms with Crippen LogP contribution in [0.25, 0.3) is 0 Å². The minimum absolute atomic E-state index is 0.0139. The molecule has 1 amide bonds. The summed E-state index contributed by atoms with van der Waals surface area (Å²) in [6.07, 6.45) is 4.51. The van der Waals surface area contributed by atoms with Crippen LogP contribution in [0.5, 0.6) is 0 Å². The lowest BCUT2D eigenvalue weighted by molar-refractivity contribution is -0.584. The van der Waals surface area contributed by atoms with Gasteiger partial charge in [0.25, 0.3) is 0 Å². The maximum atomic E-state index is 15.3. The fourth-order valence-electron chi connectivity index (χ4n) is 11.5. The number of ether oxygens (including phenoxy) is 4. The summed E-state index contributed by atoms with van der Waals surface area (Å²) in [6.45, 7) is 12.7. The van der Waals surface area contributed by atoms with E-state index in [0.29, 0.717) is 12.0 Å². The number of allylic oxidation sites excluding steroid dienone is 3. The molecule has 59 heavy (non-hydrogen) atoms. The minimum Gasteiger partial charge on any atom is -0.511 e. The Kier molecular flexibility index (Phi) is 12.1. The number of alkyl carbamates (subject to hydrolysis) is 1. The van der Waals surface area contributed by atoms with E-state index < -0.39 is 93.5 Å². The highest BCUT2D eigenvalue weighted by molar-refractivity contribution is 8.20. The molecule has 3 heterocycles. The van der Waals surface area contributed by atoms with Crippen molar-refractivity contribution in [2.24, 2.45) is 40.9 Å². The fraction of sp³-hybridized carbons (Fsp3) is 0.698. The van der Waals surface area contributed by atoms with Gasteiger partial charge in [-0.3, -0.25) is 14.9 Å². The molecule has 1 saturated carbocycles. The summed E-state index contributed by atoms with van der Waals surface area (Å²) in [5.41, 5.74) is -3.08. The van der Waals surface area contributed by atoms with Gasteiger partial charge >= 0.3 is 12.1 Å². The number of esters is 1. The van der Waals surface area contributed by atoms with E-state index in [2.05, 4.69) is 12.2 Å². The summed E-state index contributed by atoms with van der Waals surface area (Å²) in [5.74, 6) is -2.59. The molecule has 324 valence electrons. The fourth-order valence-corrected chi connectivity index (χ4v) is 14.4. The van der Waals surface area contributed by atoms with Gasteiger partial charge in [0.05, 0.1) is 48.4 Å². The zero-order chi connectivity index (χ0) is 42.9. The van der Waals surface area contributed by atoms with Gasteiger partial charge in [-0.25, -0.2) is 9.59 Å². The van der Waals surface area contributed by atoms with Crippen LogP contribution in [-0.4, -0.2) is 109 Å². The number of rotatable bonds is 5. The number of fused-ring (bicyclic) bond motifs is 4. The maximum absolute atomic E-state index is 15.3. The zero-order valence-electron chi connectivity index (χ0n) is 34.9. The number of Topliss-reactive ketones (excluding diaryl/α,β-unsaturated/α-hetero) is 1. The second-order valence-corrected chi connectivity index (χ2v) is 20.9. The first-order chi connectivity index (χ1) is 27.8. The molecule has 7 rings (SSSR count). The molecule has 0 aromatic heterocycles. The molecule has 1 spiro atoms. The second kappa shape index (κ2) is 16.3. The summed E-state index contributed by atoms with van der Waals surface area (Å²) in [7, 11) is 1.17. The third-order valence-corrected chi connectivity index (χ3v) is 17.7. The van der Waals surface area contributed by atoms with Gasteiger partial charge in [-0.1, -0.05) is 56.7 Å². The molecule has 14 nitrogen and oxygen atoms in total. The number of nitrogens with zero attached hydrogens (tertiary/aromatic N) is 1. The predicted octanol–water partition coefficient (Wildman–Crippen LogP) is 5.81. The maximum Gasteiger partial charge on any atom is 0.407 e. The van der Waals surface area contributed by atoms with Crippen molar-refractivity contribution >= 4 is 41.4 Å². The Bertz CT molecular complexity index is 1910. The molecule has 15 atom stereocenters. The lowest BCUT2D eigenvalue weighted by atomic mass is 9.49. The number of hydrogen-bond acceptors (Lipinski definition) is 14. The number of nitrogens with one attached hydrogen (secondary N) is 1. The molecule has 2 bridgehead atoms. The van der Waals surface area contributed by atoms with E-state index in [1.807, 2.05) is 39.0 Å². The number of amides is 1. The van der Waals surface area contributed by atoms with Crippen molar-refractivity contribution in [2.75, 3.05) is 18.6 Å². The number of carbonyl (C=O) groups is 3. The zero-order valence-corrected chi connectivity index (χ0v) is 36.5. The molecule has 15 unspecified atom stereocenters. The van der Waals surface area contributed by atoms with Crippen LogP contribution >= 0.6 is 23.5 Å². The van der Waals surface area contributed by atoms with Crippen molar-refractivity contribution in [2.45, 2.75) is 127 Å². The number of thioether (sulfide) groups is 2. The van der Waals surface area contributed by atoms with Crippen molar-refractivity contribution in [1.29, 1.82) is 0 Å². The molecule has 0 radical (unpaired) electrons. The van der Waals surface area contributed by atoms with Crippen LogP contribution in [0, 0.1) is 51.0 Å². The largest absolute Gasteiger partial charge is 0.511 e. The standard InChI is InChI=1S/C43H58N2O12S2/c1-20-9-12-30(56-31-19-41(6,45(52)53)35(24(5)55-31)44-40(51)54-8)21(2)16-28-29(46)17-25(39-58-13-14-59-39)18-43(28)37(49)32(38(50)57-43)36(48)42(7)27(20)11-10-26-33(42)22(3)15-23(4)34(26)47/h9-11,16-17,22-24,26-31,33-35,39,46-48H,12-15,18-19H2,1-8H3,(H,44,51)/b20-9+,21-16+,36-32+. The second-order valence-electron chi connectivity index (χ2n) is 18.2. The van der Waals surface area contributed by atoms with Crippen molar-refractivity contribution in [3.63, 3.8) is 0 Å². The van der Waals surface area contributed by atoms with Crippen LogP contribution in [0.3, 0.4) is 0 Å². The van der Waals surface area contributed by atoms with Gasteiger partial charge in [-0.15, -0.1) is 23.5 Å². The molecule has 4 aliphatic carbocycles. The van der Waals surface area contributed by atoms with Gasteiger partial charge in [-0.05, 0) is 62.5 Å². The summed E-state index contributed by atoms with van der Waals surface area (Å²) >= 11 is 3.40. The molecule has 0 aromatic rings. The van der Waals surface area contributed by atoms with Gasteiger partial charge in [0, 0.05) is 47.0 Å². The van der Waals surface area contributed by atoms with Crippen molar-refractivity contribution in [1.82, 2.24) is 5.32 Å². The molecule has 3 saturated heterocycles. The van der Waals surface area contributed by atoms with Gasteiger partial charge in [0.15, 0.2) is 11.9 Å². The highest BCUT2D eigenvalue weighted by Gasteiger charge is 2.65. The van der Waals surface area contributed by atoms with Crippen LogP contribution in [-0.2, 0) is 28.5 Å². The van der Waals surface area contributed by atoms with E-state index in [1.165, 1.54) is 14.0 Å². The van der Waals surface area contributed by atoms with Gasteiger partial charge in [0.1, 0.15) is 17.4 Å². The van der Waals surface area contributed by atoms with Crippen molar-refractivity contribution < 1.29 is 53.6 Å². The number of hydrogen-bond donors (Lipinski definition) is 4. The topological polar surface area (TPSA) is 204 Å². The van der Waals surface area contributed by atoms with E-state index >= 15 is 4.79 Å². The first kappa shape index (κ1) is 43.9. The van der Waals surface area contributed by atoms with Crippen molar-refractivity contribution in [3.8, 4) is 0 Å². The highest BCUT2D eigenvalue weighted by atomic mass is 32.2. The molecule has 7 aliphatic rings. The summed E-state index contributed by atoms with van der Waals surface area (Å²) in [4.78, 5) is 54.1. The Morgan fingerprint density at radius 1 is 1.05 bits per heavy atom. The molecule has 16 heteroatoms. The number of aliphatic hydroxyl groups excluding tert-OH is 3. The van der Waals surface area contributed by atoms with Gasteiger partial charge in [0.2, 0.25) is 11.3 Å². The highest BCUT2D eigenvalue weighted by Crippen LogP contribution is 2.60. The molecule has 3 aliphatic heterocycles. The molecule has 4 N–H and O–H groups in total. The van der Waals surface area contributed by atoms with E-state index in [-0.39, 0.29) is 53.3 Å². The molecular formula is C43H58N2O12S2. The molecule has 0 aromatic carbocycles. The van der Waals surface area contributed by atoms with Crippen LogP contribution in [0.15, 0.2) is 58.4 Å². The summed E-state index contributed by atoms with van der Waals surface area (Å²) < 4.78 is 23.9. The summed E-state index contributed by atoms with van der Waals surface area (Å²) in [5, 5.41) is 51.5. The lowest BCUT2D eigenvalue weighted by Crippen LogP contribution is -2.65.